The molecule has 6 rings (SSSR count). The monoisotopic (exact) mass is 574 g/mol. The van der Waals surface area contributed by atoms with Crippen molar-refractivity contribution in [2.75, 3.05) is 65.4 Å². The van der Waals surface area contributed by atoms with Gasteiger partial charge in [-0.05, 0) is 115 Å². The second-order valence-electron chi connectivity index (χ2n) is 13.0. The molecule has 0 aromatic heterocycles. The van der Waals surface area contributed by atoms with Crippen LogP contribution >= 0.6 is 0 Å². The fourth-order valence-corrected chi connectivity index (χ4v) is 7.24. The van der Waals surface area contributed by atoms with Crippen LogP contribution in [0.5, 0.6) is 0 Å². The van der Waals surface area contributed by atoms with Crippen LogP contribution < -0.4 is 0 Å². The molecule has 0 atom stereocenters. The summed E-state index contributed by atoms with van der Waals surface area (Å²) in [7, 11) is 0. The first-order valence-electron chi connectivity index (χ1n) is 17.4. The van der Waals surface area contributed by atoms with Crippen molar-refractivity contribution in [1.29, 1.82) is 0 Å². The Morgan fingerprint density at radius 3 is 1.31 bits per heavy atom. The molecule has 0 radical (unpaired) electrons. The van der Waals surface area contributed by atoms with E-state index in [9.17, 15) is 0 Å². The molecule has 8 nitrogen and oxygen atoms in total. The Hall–Kier alpha value is -2.77. The zero-order valence-corrected chi connectivity index (χ0v) is 26.1. The quantitative estimate of drug-likeness (QED) is 0.294. The molecule has 5 saturated heterocycles. The molecule has 5 aliphatic heterocycles. The lowest BCUT2D eigenvalue weighted by Gasteiger charge is -2.38. The van der Waals surface area contributed by atoms with E-state index in [1.165, 1.54) is 102 Å². The van der Waals surface area contributed by atoms with Crippen molar-refractivity contribution in [3.63, 3.8) is 0 Å². The molecule has 0 amide bonds. The molecule has 0 saturated carbocycles. The Balaban J connectivity index is 1.37. The van der Waals surface area contributed by atoms with Gasteiger partial charge in [0.05, 0.1) is 23.4 Å². The molecule has 5 fully saturated rings. The lowest BCUT2D eigenvalue weighted by molar-refractivity contribution is 0.257. The lowest BCUT2D eigenvalue weighted by atomic mass is 10.1. The molecule has 5 heterocycles. The predicted molar refractivity (Wildman–Crippen MR) is 176 cm³/mol. The number of likely N-dealkylation sites (tertiary alicyclic amines) is 5. The van der Waals surface area contributed by atoms with Crippen LogP contribution in [0.3, 0.4) is 0 Å². The van der Waals surface area contributed by atoms with E-state index in [1.54, 1.807) is 0 Å². The largest absolute Gasteiger partial charge is 0.363 e. The number of benzene rings is 1. The average Bonchev–Trinajstić information content (AvgIpc) is 3.07. The second-order valence-corrected chi connectivity index (χ2v) is 13.0. The summed E-state index contributed by atoms with van der Waals surface area (Å²) < 4.78 is 0. The topological polar surface area (TPSA) is 53.3 Å². The zero-order chi connectivity index (χ0) is 28.4. The number of aliphatic imine (C=N–C) groups is 3. The van der Waals surface area contributed by atoms with Gasteiger partial charge in [0, 0.05) is 65.4 Å². The van der Waals surface area contributed by atoms with Crippen molar-refractivity contribution in [3.05, 3.63) is 18.2 Å². The third-order valence-electron chi connectivity index (χ3n) is 9.71. The van der Waals surface area contributed by atoms with Gasteiger partial charge in [-0.3, -0.25) is 0 Å². The van der Waals surface area contributed by atoms with Crippen molar-refractivity contribution in [1.82, 2.24) is 24.5 Å². The minimum Gasteiger partial charge on any atom is -0.363 e. The van der Waals surface area contributed by atoms with E-state index in [0.29, 0.717) is 0 Å². The van der Waals surface area contributed by atoms with Gasteiger partial charge in [-0.25, -0.2) is 15.0 Å². The molecule has 1 aromatic carbocycles. The molecule has 0 aliphatic carbocycles. The minimum absolute atomic E-state index is 0.962. The van der Waals surface area contributed by atoms with Gasteiger partial charge < -0.3 is 24.5 Å². The second kappa shape index (κ2) is 15.1. The molecule has 5 aliphatic rings. The van der Waals surface area contributed by atoms with Gasteiger partial charge in [0.25, 0.3) is 0 Å². The van der Waals surface area contributed by atoms with E-state index in [-0.39, 0.29) is 0 Å². The summed E-state index contributed by atoms with van der Waals surface area (Å²) in [6.45, 7) is 11.1. The number of hydrogen-bond donors (Lipinski definition) is 0. The van der Waals surface area contributed by atoms with Crippen LogP contribution in [-0.4, -0.2) is 108 Å². The first-order chi connectivity index (χ1) is 20.8. The van der Waals surface area contributed by atoms with Crippen LogP contribution in [-0.2, 0) is 0 Å². The Bertz CT molecular complexity index is 1030. The Labute approximate surface area is 254 Å². The first-order valence-corrected chi connectivity index (χ1v) is 17.4. The predicted octanol–water partition coefficient (Wildman–Crippen LogP) is 6.75. The molecule has 8 heteroatoms. The van der Waals surface area contributed by atoms with Gasteiger partial charge in [-0.15, -0.1) is 0 Å². The Morgan fingerprint density at radius 1 is 0.452 bits per heavy atom. The van der Waals surface area contributed by atoms with E-state index >= 15 is 0 Å². The molecular formula is C34H54N8. The standard InChI is InChI=1S/C34H54N8/c1-6-18-38(19-7-1)29-35-31-17-16-30(36-33(39-20-8-2-9-21-39)40-22-10-3-11-23-40)28-32(31)37-34(41-24-12-4-13-25-41)42-26-14-5-15-27-42/h16-17,28-29H,1-15,18-27H2. The van der Waals surface area contributed by atoms with E-state index in [0.717, 1.165) is 88.5 Å². The summed E-state index contributed by atoms with van der Waals surface area (Å²) in [6, 6.07) is 6.58. The van der Waals surface area contributed by atoms with Gasteiger partial charge in [-0.2, -0.15) is 0 Å². The normalized spacial score (nSPS) is 22.4. The van der Waals surface area contributed by atoms with Crippen molar-refractivity contribution >= 4 is 35.3 Å². The number of guanidine groups is 2. The number of piperidine rings is 5. The van der Waals surface area contributed by atoms with Crippen molar-refractivity contribution in [3.8, 4) is 0 Å². The Morgan fingerprint density at radius 2 is 0.857 bits per heavy atom. The minimum atomic E-state index is 0.962. The van der Waals surface area contributed by atoms with Crippen LogP contribution in [0, 0.1) is 0 Å². The molecule has 0 N–H and O–H groups in total. The molecule has 1 aromatic rings. The van der Waals surface area contributed by atoms with E-state index in [2.05, 4.69) is 49.0 Å². The summed E-state index contributed by atoms with van der Waals surface area (Å²) in [5, 5.41) is 0. The summed E-state index contributed by atoms with van der Waals surface area (Å²) >= 11 is 0. The summed E-state index contributed by atoms with van der Waals surface area (Å²) in [5.74, 6) is 2.35. The summed E-state index contributed by atoms with van der Waals surface area (Å²) in [5.41, 5.74) is 2.93. The van der Waals surface area contributed by atoms with Gasteiger partial charge in [0.15, 0.2) is 0 Å². The van der Waals surface area contributed by atoms with Crippen molar-refractivity contribution in [2.24, 2.45) is 15.0 Å². The highest BCUT2D eigenvalue weighted by atomic mass is 15.4. The van der Waals surface area contributed by atoms with E-state index < -0.39 is 0 Å². The lowest BCUT2D eigenvalue weighted by Crippen LogP contribution is -2.48. The number of hydrogen-bond acceptors (Lipinski definition) is 3. The third-order valence-corrected chi connectivity index (χ3v) is 9.71. The number of nitrogens with zero attached hydrogens (tertiary/aromatic N) is 8. The van der Waals surface area contributed by atoms with Gasteiger partial charge >= 0.3 is 0 Å². The van der Waals surface area contributed by atoms with Gasteiger partial charge in [-0.1, -0.05) is 0 Å². The van der Waals surface area contributed by atoms with Gasteiger partial charge in [0.1, 0.15) is 0 Å². The fourth-order valence-electron chi connectivity index (χ4n) is 7.24. The maximum Gasteiger partial charge on any atom is 0.201 e. The maximum atomic E-state index is 5.50. The number of rotatable bonds is 4. The van der Waals surface area contributed by atoms with Crippen LogP contribution in [0.4, 0.5) is 17.1 Å². The van der Waals surface area contributed by atoms with Crippen LogP contribution in [0.25, 0.3) is 0 Å². The summed E-state index contributed by atoms with van der Waals surface area (Å²) in [4.78, 5) is 28.5. The third kappa shape index (κ3) is 7.78. The fraction of sp³-hybridized carbons (Fsp3) is 0.735. The van der Waals surface area contributed by atoms with Crippen molar-refractivity contribution in [2.45, 2.75) is 96.3 Å². The molecule has 0 unspecified atom stereocenters. The highest BCUT2D eigenvalue weighted by Crippen LogP contribution is 2.34. The van der Waals surface area contributed by atoms with Crippen molar-refractivity contribution < 1.29 is 0 Å². The van der Waals surface area contributed by atoms with Crippen LogP contribution in [0.2, 0.25) is 0 Å². The molecule has 230 valence electrons. The van der Waals surface area contributed by atoms with Crippen LogP contribution in [0.1, 0.15) is 96.3 Å². The highest BCUT2D eigenvalue weighted by molar-refractivity contribution is 5.88. The molecule has 0 bridgehead atoms. The average molecular weight is 575 g/mol. The molecule has 0 spiro atoms. The summed E-state index contributed by atoms with van der Waals surface area (Å²) in [6.07, 6.45) is 21.3. The van der Waals surface area contributed by atoms with Gasteiger partial charge in [0.2, 0.25) is 11.9 Å². The Kier molecular flexibility index (Phi) is 10.5. The SMILES string of the molecule is C(=Nc1ccc(N=C(N2CCCCC2)N2CCCCC2)cc1N=C(N1CCCCC1)N1CCCCC1)N1CCCCC1. The van der Waals surface area contributed by atoms with E-state index in [1.807, 2.05) is 0 Å². The molecular weight excluding hydrogens is 520 g/mol. The highest BCUT2D eigenvalue weighted by Gasteiger charge is 2.25. The smallest absolute Gasteiger partial charge is 0.201 e. The maximum absolute atomic E-state index is 5.50. The van der Waals surface area contributed by atoms with Crippen LogP contribution in [0.15, 0.2) is 33.2 Å². The zero-order valence-electron chi connectivity index (χ0n) is 26.1. The van der Waals surface area contributed by atoms with E-state index in [4.69, 9.17) is 15.0 Å². The molecule has 42 heavy (non-hydrogen) atoms. The first kappa shape index (κ1) is 29.3.